The van der Waals surface area contributed by atoms with Gasteiger partial charge in [-0.3, -0.25) is 4.90 Å². The van der Waals surface area contributed by atoms with Gasteiger partial charge in [-0.05, 0) is 39.0 Å². The summed E-state index contributed by atoms with van der Waals surface area (Å²) in [5, 5.41) is 3.39. The first-order valence-corrected chi connectivity index (χ1v) is 7.70. The summed E-state index contributed by atoms with van der Waals surface area (Å²) in [4.78, 5) is 2.49. The van der Waals surface area contributed by atoms with E-state index < -0.39 is 0 Å². The molecule has 1 aliphatic heterocycles. The number of halogens is 1. The molecule has 0 spiro atoms. The Balaban J connectivity index is 2.24. The van der Waals surface area contributed by atoms with Gasteiger partial charge in [-0.2, -0.15) is 0 Å². The molecule has 0 saturated carbocycles. The van der Waals surface area contributed by atoms with Gasteiger partial charge >= 0.3 is 0 Å². The molecule has 4 heteroatoms. The van der Waals surface area contributed by atoms with E-state index in [-0.39, 0.29) is 0 Å². The highest BCUT2D eigenvalue weighted by molar-refractivity contribution is 9.10. The van der Waals surface area contributed by atoms with E-state index in [1.807, 2.05) is 0 Å². The van der Waals surface area contributed by atoms with E-state index in [1.165, 1.54) is 11.1 Å². The van der Waals surface area contributed by atoms with Crippen LogP contribution in [0, 0.1) is 0 Å². The predicted molar refractivity (Wildman–Crippen MR) is 82.9 cm³/mol. The van der Waals surface area contributed by atoms with Gasteiger partial charge in [-0.15, -0.1) is 0 Å². The van der Waals surface area contributed by atoms with E-state index in [2.05, 4.69) is 52.1 Å². The molecule has 3 nitrogen and oxygen atoms in total. The lowest BCUT2D eigenvalue weighted by Crippen LogP contribution is -2.42. The topological polar surface area (TPSA) is 24.5 Å². The first kappa shape index (κ1) is 14.8. The molecule has 1 aromatic rings. The average molecular weight is 327 g/mol. The second-order valence-electron chi connectivity index (χ2n) is 5.38. The summed E-state index contributed by atoms with van der Waals surface area (Å²) in [6, 6.07) is 4.44. The summed E-state index contributed by atoms with van der Waals surface area (Å²) < 4.78 is 6.58. The van der Waals surface area contributed by atoms with Crippen molar-refractivity contribution < 1.29 is 4.74 Å². The van der Waals surface area contributed by atoms with E-state index in [1.54, 1.807) is 7.11 Å². The summed E-state index contributed by atoms with van der Waals surface area (Å²) in [5.41, 5.74) is 2.66. The zero-order valence-corrected chi connectivity index (χ0v) is 13.6. The molecule has 1 aromatic carbocycles. The van der Waals surface area contributed by atoms with Gasteiger partial charge in [-0.1, -0.05) is 19.9 Å². The maximum absolute atomic E-state index is 5.49. The minimum atomic E-state index is 0.517. The van der Waals surface area contributed by atoms with E-state index in [0.717, 1.165) is 42.9 Å². The Morgan fingerprint density at radius 1 is 1.32 bits per heavy atom. The van der Waals surface area contributed by atoms with E-state index in [4.69, 9.17) is 4.74 Å². The molecule has 1 fully saturated rings. The molecular weight excluding hydrogens is 304 g/mol. The Labute approximate surface area is 124 Å². The minimum absolute atomic E-state index is 0.517. The first-order chi connectivity index (χ1) is 9.11. The number of rotatable bonds is 4. The van der Waals surface area contributed by atoms with Crippen molar-refractivity contribution in [3.63, 3.8) is 0 Å². The van der Waals surface area contributed by atoms with Crippen LogP contribution < -0.4 is 10.1 Å². The van der Waals surface area contributed by atoms with Crippen molar-refractivity contribution >= 4 is 15.9 Å². The predicted octanol–water partition coefficient (Wildman–Crippen LogP) is 2.99. The van der Waals surface area contributed by atoms with Gasteiger partial charge in [0.2, 0.25) is 0 Å². The maximum Gasteiger partial charge on any atom is 0.133 e. The lowest BCUT2D eigenvalue weighted by molar-refractivity contribution is 0.232. The highest BCUT2D eigenvalue weighted by Gasteiger charge is 2.15. The molecule has 1 heterocycles. The largest absolute Gasteiger partial charge is 0.496 e. The fraction of sp³-hybridized carbons (Fsp3) is 0.600. The van der Waals surface area contributed by atoms with Crippen molar-refractivity contribution in [2.24, 2.45) is 0 Å². The number of nitrogens with zero attached hydrogens (tertiary/aromatic N) is 1. The Bertz CT molecular complexity index is 428. The standard InChI is InChI=1S/C15H23BrN2O/c1-11(2)12-8-13(15(16)14(9-12)19-3)10-18-6-4-17-5-7-18/h8-9,11,17H,4-7,10H2,1-3H3. The molecular formula is C15H23BrN2O. The monoisotopic (exact) mass is 326 g/mol. The van der Waals surface area contributed by atoms with Crippen LogP contribution in [0.15, 0.2) is 16.6 Å². The lowest BCUT2D eigenvalue weighted by atomic mass is 10.00. The summed E-state index contributed by atoms with van der Waals surface area (Å²) in [5.74, 6) is 1.46. The second-order valence-corrected chi connectivity index (χ2v) is 6.17. The normalized spacial score (nSPS) is 16.9. The Morgan fingerprint density at radius 2 is 2.00 bits per heavy atom. The van der Waals surface area contributed by atoms with E-state index >= 15 is 0 Å². The van der Waals surface area contributed by atoms with Crippen LogP contribution in [0.25, 0.3) is 0 Å². The van der Waals surface area contributed by atoms with Gasteiger partial charge < -0.3 is 10.1 Å². The Kier molecular flexibility index (Phi) is 5.25. The van der Waals surface area contributed by atoms with Crippen molar-refractivity contribution in [2.45, 2.75) is 26.3 Å². The molecule has 106 valence electrons. The van der Waals surface area contributed by atoms with Crippen LogP contribution >= 0.6 is 15.9 Å². The van der Waals surface area contributed by atoms with Crippen molar-refractivity contribution in [2.75, 3.05) is 33.3 Å². The SMILES string of the molecule is COc1cc(C(C)C)cc(CN2CCNCC2)c1Br. The highest BCUT2D eigenvalue weighted by atomic mass is 79.9. The Hall–Kier alpha value is -0.580. The van der Waals surface area contributed by atoms with Gasteiger partial charge in [0.1, 0.15) is 5.75 Å². The van der Waals surface area contributed by atoms with Crippen LogP contribution in [0.4, 0.5) is 0 Å². The molecule has 1 saturated heterocycles. The minimum Gasteiger partial charge on any atom is -0.496 e. The molecule has 19 heavy (non-hydrogen) atoms. The average Bonchev–Trinajstić information content (AvgIpc) is 2.42. The maximum atomic E-state index is 5.49. The zero-order chi connectivity index (χ0) is 13.8. The fourth-order valence-corrected chi connectivity index (χ4v) is 2.90. The molecule has 0 radical (unpaired) electrons. The van der Waals surface area contributed by atoms with Crippen LogP contribution in [0.5, 0.6) is 5.75 Å². The van der Waals surface area contributed by atoms with Crippen LogP contribution in [-0.2, 0) is 6.54 Å². The molecule has 1 N–H and O–H groups in total. The fourth-order valence-electron chi connectivity index (χ4n) is 2.39. The lowest BCUT2D eigenvalue weighted by Gasteiger charge is -2.28. The third-order valence-corrected chi connectivity index (χ3v) is 4.53. The number of piperazine rings is 1. The number of hydrogen-bond acceptors (Lipinski definition) is 3. The van der Waals surface area contributed by atoms with Gasteiger partial charge in [0, 0.05) is 32.7 Å². The molecule has 2 rings (SSSR count). The summed E-state index contributed by atoms with van der Waals surface area (Å²) in [6.45, 7) is 9.81. The van der Waals surface area contributed by atoms with Crippen molar-refractivity contribution in [3.8, 4) is 5.75 Å². The molecule has 1 aliphatic rings. The Morgan fingerprint density at radius 3 is 2.58 bits per heavy atom. The number of methoxy groups -OCH3 is 1. The van der Waals surface area contributed by atoms with E-state index in [0.29, 0.717) is 5.92 Å². The molecule has 0 atom stereocenters. The molecule has 0 aliphatic carbocycles. The van der Waals surface area contributed by atoms with Gasteiger partial charge in [0.25, 0.3) is 0 Å². The van der Waals surface area contributed by atoms with Crippen LogP contribution in [0.1, 0.15) is 30.9 Å². The van der Waals surface area contributed by atoms with Crippen molar-refractivity contribution in [1.29, 1.82) is 0 Å². The summed E-state index contributed by atoms with van der Waals surface area (Å²) in [6.07, 6.45) is 0. The molecule has 0 bridgehead atoms. The van der Waals surface area contributed by atoms with E-state index in [9.17, 15) is 0 Å². The third-order valence-electron chi connectivity index (χ3n) is 3.63. The quantitative estimate of drug-likeness (QED) is 0.920. The second kappa shape index (κ2) is 6.73. The number of ether oxygens (including phenoxy) is 1. The number of hydrogen-bond donors (Lipinski definition) is 1. The third kappa shape index (κ3) is 3.71. The smallest absolute Gasteiger partial charge is 0.133 e. The number of nitrogens with one attached hydrogen (secondary N) is 1. The number of benzene rings is 1. The molecule has 0 aromatic heterocycles. The van der Waals surface area contributed by atoms with Gasteiger partial charge in [-0.25, -0.2) is 0 Å². The summed E-state index contributed by atoms with van der Waals surface area (Å²) in [7, 11) is 1.73. The van der Waals surface area contributed by atoms with Crippen molar-refractivity contribution in [1.82, 2.24) is 10.2 Å². The molecule has 0 unspecified atom stereocenters. The van der Waals surface area contributed by atoms with Crippen LogP contribution in [0.2, 0.25) is 0 Å². The van der Waals surface area contributed by atoms with Gasteiger partial charge in [0.05, 0.1) is 11.6 Å². The summed E-state index contributed by atoms with van der Waals surface area (Å²) >= 11 is 3.68. The van der Waals surface area contributed by atoms with Crippen LogP contribution in [-0.4, -0.2) is 38.2 Å². The van der Waals surface area contributed by atoms with Gasteiger partial charge in [0.15, 0.2) is 0 Å². The van der Waals surface area contributed by atoms with Crippen molar-refractivity contribution in [3.05, 3.63) is 27.7 Å². The highest BCUT2D eigenvalue weighted by Crippen LogP contribution is 2.33. The zero-order valence-electron chi connectivity index (χ0n) is 12.0. The van der Waals surface area contributed by atoms with Crippen LogP contribution in [0.3, 0.4) is 0 Å². The first-order valence-electron chi connectivity index (χ1n) is 6.91. The molecule has 0 amide bonds.